The van der Waals surface area contributed by atoms with Crippen LogP contribution >= 0.6 is 23.1 Å². The van der Waals surface area contributed by atoms with E-state index in [4.69, 9.17) is 0 Å². The third-order valence-corrected chi connectivity index (χ3v) is 15.4. The predicted molar refractivity (Wildman–Crippen MR) is 271 cm³/mol. The van der Waals surface area contributed by atoms with Gasteiger partial charge in [-0.15, -0.1) is 23.1 Å². The van der Waals surface area contributed by atoms with Gasteiger partial charge < -0.3 is 0 Å². The van der Waals surface area contributed by atoms with Crippen molar-refractivity contribution in [1.82, 2.24) is 0 Å². The lowest BCUT2D eigenvalue weighted by molar-refractivity contribution is 1.17. The Morgan fingerprint density at radius 2 is 0.742 bits per heavy atom. The molecule has 0 radical (unpaired) electrons. The van der Waals surface area contributed by atoms with Crippen LogP contribution in [0.1, 0.15) is 5.56 Å². The first kappa shape index (κ1) is 35.8. The van der Waals surface area contributed by atoms with Crippen LogP contribution in [0.2, 0.25) is 0 Å². The average molecular weight is 823 g/mol. The van der Waals surface area contributed by atoms with Gasteiger partial charge in [0.2, 0.25) is 0 Å². The number of thiophene rings is 1. The van der Waals surface area contributed by atoms with Gasteiger partial charge >= 0.3 is 0 Å². The fourth-order valence-corrected chi connectivity index (χ4v) is 12.9. The summed E-state index contributed by atoms with van der Waals surface area (Å²) in [6.07, 6.45) is 0.980. The molecule has 0 nitrogen and oxygen atoms in total. The molecule has 290 valence electrons. The first-order chi connectivity index (χ1) is 30.8. The van der Waals surface area contributed by atoms with Crippen LogP contribution in [0, 0.1) is 0 Å². The fourth-order valence-electron chi connectivity index (χ4n) is 10.7. The zero-order valence-electron chi connectivity index (χ0n) is 33.9. The molecule has 0 bridgehead atoms. The summed E-state index contributed by atoms with van der Waals surface area (Å²) in [6, 6.07) is 77.3. The summed E-state index contributed by atoms with van der Waals surface area (Å²) in [5, 5.41) is 13.0. The second-order valence-corrected chi connectivity index (χ2v) is 18.7. The molecule has 2 heterocycles. The van der Waals surface area contributed by atoms with Crippen molar-refractivity contribution in [2.75, 3.05) is 5.75 Å². The lowest BCUT2D eigenvalue weighted by Crippen LogP contribution is -1.98. The van der Waals surface area contributed by atoms with Crippen molar-refractivity contribution in [2.45, 2.75) is 11.3 Å². The largest absolute Gasteiger partial charge is 0.135 e. The molecular weight excluding hydrogens is 785 g/mol. The van der Waals surface area contributed by atoms with Gasteiger partial charge in [0, 0.05) is 36.4 Å². The Morgan fingerprint density at radius 1 is 0.290 bits per heavy atom. The maximum Gasteiger partial charge on any atom is 0.0361 e. The molecule has 0 aliphatic carbocycles. The molecular formula is C60H38S2. The number of rotatable bonds is 4. The summed E-state index contributed by atoms with van der Waals surface area (Å²) in [5.41, 5.74) is 14.5. The van der Waals surface area contributed by atoms with Crippen molar-refractivity contribution in [2.24, 2.45) is 0 Å². The Hall–Kier alpha value is -6.97. The first-order valence-corrected chi connectivity index (χ1v) is 23.3. The van der Waals surface area contributed by atoms with Crippen molar-refractivity contribution < 1.29 is 0 Å². The molecule has 11 aromatic carbocycles. The number of fused-ring (bicyclic) bond motifs is 10. The second-order valence-electron chi connectivity index (χ2n) is 16.5. The third kappa shape index (κ3) is 5.40. The highest BCUT2D eigenvalue weighted by Gasteiger charge is 2.26. The molecule has 13 rings (SSSR count). The van der Waals surface area contributed by atoms with Crippen LogP contribution in [0.5, 0.6) is 0 Å². The Morgan fingerprint density at radius 3 is 1.35 bits per heavy atom. The van der Waals surface area contributed by atoms with Crippen molar-refractivity contribution >= 4 is 86.4 Å². The number of thioether (sulfide) groups is 1. The van der Waals surface area contributed by atoms with Crippen LogP contribution in [0.3, 0.4) is 0 Å². The van der Waals surface area contributed by atoms with E-state index in [9.17, 15) is 0 Å². The van der Waals surface area contributed by atoms with E-state index < -0.39 is 0 Å². The Bertz CT molecular complexity index is 3660. The Balaban J connectivity index is 1.07. The van der Waals surface area contributed by atoms with Gasteiger partial charge in [0.1, 0.15) is 0 Å². The summed E-state index contributed by atoms with van der Waals surface area (Å²) >= 11 is 3.89. The number of hydrogen-bond acceptors (Lipinski definition) is 2. The topological polar surface area (TPSA) is 0 Å². The van der Waals surface area contributed by atoms with Crippen LogP contribution in [0.25, 0.3) is 119 Å². The molecule has 0 atom stereocenters. The number of benzene rings is 11. The van der Waals surface area contributed by atoms with E-state index in [0.717, 1.165) is 12.2 Å². The van der Waals surface area contributed by atoms with Gasteiger partial charge in [-0.1, -0.05) is 188 Å². The van der Waals surface area contributed by atoms with Gasteiger partial charge in [0.25, 0.3) is 0 Å². The number of hydrogen-bond donors (Lipinski definition) is 0. The zero-order valence-corrected chi connectivity index (χ0v) is 35.5. The lowest BCUT2D eigenvalue weighted by atomic mass is 9.80. The van der Waals surface area contributed by atoms with E-state index in [1.54, 1.807) is 0 Å². The quantitative estimate of drug-likeness (QED) is 0.159. The lowest BCUT2D eigenvalue weighted by Gasteiger charge is -2.23. The van der Waals surface area contributed by atoms with Crippen LogP contribution in [-0.2, 0) is 6.42 Å². The van der Waals surface area contributed by atoms with E-state index in [1.807, 2.05) is 23.1 Å². The van der Waals surface area contributed by atoms with Gasteiger partial charge in [0.15, 0.2) is 0 Å². The smallest absolute Gasteiger partial charge is 0.0361 e. The van der Waals surface area contributed by atoms with Gasteiger partial charge in [-0.05, 0) is 123 Å². The highest BCUT2D eigenvalue weighted by Crippen LogP contribution is 2.52. The first-order valence-electron chi connectivity index (χ1n) is 21.5. The summed E-state index contributed by atoms with van der Waals surface area (Å²) in [5.74, 6) is 1.01. The minimum Gasteiger partial charge on any atom is -0.135 e. The Kier molecular flexibility index (Phi) is 8.25. The summed E-state index contributed by atoms with van der Waals surface area (Å²) in [7, 11) is 0. The zero-order chi connectivity index (χ0) is 40.7. The maximum atomic E-state index is 2.43. The molecule has 0 saturated heterocycles. The van der Waals surface area contributed by atoms with Gasteiger partial charge in [-0.2, -0.15) is 0 Å². The van der Waals surface area contributed by atoms with E-state index in [2.05, 4.69) is 206 Å². The highest BCUT2D eigenvalue weighted by atomic mass is 32.2. The molecule has 0 unspecified atom stereocenters. The highest BCUT2D eigenvalue weighted by molar-refractivity contribution is 7.99. The van der Waals surface area contributed by atoms with Crippen LogP contribution < -0.4 is 0 Å². The van der Waals surface area contributed by atoms with Crippen LogP contribution in [-0.4, -0.2) is 5.75 Å². The normalized spacial score (nSPS) is 12.6. The van der Waals surface area contributed by atoms with Crippen molar-refractivity contribution in [3.8, 4) is 55.6 Å². The average Bonchev–Trinajstić information content (AvgIpc) is 3.59. The van der Waals surface area contributed by atoms with E-state index in [0.29, 0.717) is 0 Å². The molecule has 0 N–H and O–H groups in total. The van der Waals surface area contributed by atoms with Gasteiger partial charge in [-0.25, -0.2) is 0 Å². The molecule has 0 spiro atoms. The second kappa shape index (κ2) is 14.3. The molecule has 1 aliphatic rings. The standard InChI is InChI=1S/C60H38S2/c1-2-16-37(17-3-1)56-44-19-4-8-23-48(44)58(49-24-9-5-20-45(49)56)42-27-14-28-43-39(42)34-35-61-54-31-15-29-52(60(43)54)59-50-25-10-6-21-46(50)57(47-22-7-11-26-51(47)59)38-32-33-41-40-18-12-13-30-53(40)62-55(41)36-38/h1-33,36H,34-35H2. The van der Waals surface area contributed by atoms with E-state index in [-0.39, 0.29) is 0 Å². The van der Waals surface area contributed by atoms with E-state index >= 15 is 0 Å². The maximum absolute atomic E-state index is 2.43. The monoisotopic (exact) mass is 822 g/mol. The summed E-state index contributed by atoms with van der Waals surface area (Å²) < 4.78 is 2.66. The van der Waals surface area contributed by atoms with Crippen LogP contribution in [0.15, 0.2) is 211 Å². The fraction of sp³-hybridized carbons (Fsp3) is 0.0333. The van der Waals surface area contributed by atoms with Crippen molar-refractivity contribution in [3.63, 3.8) is 0 Å². The molecule has 2 heteroatoms. The minimum atomic E-state index is 0.980. The van der Waals surface area contributed by atoms with E-state index in [1.165, 1.54) is 129 Å². The molecule has 12 aromatic rings. The third-order valence-electron chi connectivity index (χ3n) is 13.2. The summed E-state index contributed by atoms with van der Waals surface area (Å²) in [4.78, 5) is 1.35. The Labute approximate surface area is 368 Å². The SMILES string of the molecule is c1ccc(-c2c3ccccc3c(-c3cccc4c3CCSc3cccc(-c5c6ccccc6c(-c6ccc7c(c6)sc6ccccc67)c6ccccc56)c3-4)c3ccccc23)cc1. The summed E-state index contributed by atoms with van der Waals surface area (Å²) in [6.45, 7) is 0. The molecule has 62 heavy (non-hydrogen) atoms. The minimum absolute atomic E-state index is 0.980. The molecule has 1 aliphatic heterocycles. The molecule has 0 saturated carbocycles. The van der Waals surface area contributed by atoms with Gasteiger partial charge in [-0.3, -0.25) is 0 Å². The van der Waals surface area contributed by atoms with Crippen LogP contribution in [0.4, 0.5) is 0 Å². The predicted octanol–water partition coefficient (Wildman–Crippen LogP) is 17.7. The molecule has 1 aromatic heterocycles. The van der Waals surface area contributed by atoms with Crippen molar-refractivity contribution in [3.05, 3.63) is 212 Å². The molecule has 0 fully saturated rings. The van der Waals surface area contributed by atoms with Gasteiger partial charge in [0.05, 0.1) is 0 Å². The molecule has 0 amide bonds. The van der Waals surface area contributed by atoms with Crippen molar-refractivity contribution in [1.29, 1.82) is 0 Å².